The summed E-state index contributed by atoms with van der Waals surface area (Å²) in [6.45, 7) is 4.14. The van der Waals surface area contributed by atoms with Gasteiger partial charge in [0, 0.05) is 0 Å². The predicted molar refractivity (Wildman–Crippen MR) is 39.6 cm³/mol. The SMILES string of the molecule is CC1(C)O[C@H]2[C@H](C=O)OC[C@H]2O1. The molecule has 0 aromatic heterocycles. The molecule has 2 saturated heterocycles. The molecule has 0 bridgehead atoms. The summed E-state index contributed by atoms with van der Waals surface area (Å²) in [5.74, 6) is -0.569. The predicted octanol–water partition coefficient (Wildman–Crippen LogP) is 0.104. The molecule has 0 aromatic carbocycles. The second-order valence-corrected chi connectivity index (χ2v) is 3.57. The molecule has 0 spiro atoms. The summed E-state index contributed by atoms with van der Waals surface area (Å²) in [7, 11) is 0. The average Bonchev–Trinajstić information content (AvgIpc) is 2.42. The van der Waals surface area contributed by atoms with E-state index in [1.54, 1.807) is 0 Å². The van der Waals surface area contributed by atoms with E-state index >= 15 is 0 Å². The van der Waals surface area contributed by atoms with Crippen LogP contribution < -0.4 is 0 Å². The van der Waals surface area contributed by atoms with Crippen molar-refractivity contribution in [3.05, 3.63) is 0 Å². The first-order valence-electron chi connectivity index (χ1n) is 4.05. The molecule has 4 heteroatoms. The number of ether oxygens (including phenoxy) is 3. The molecule has 0 saturated carbocycles. The van der Waals surface area contributed by atoms with Crippen LogP contribution in [0.3, 0.4) is 0 Å². The normalized spacial score (nSPS) is 44.3. The van der Waals surface area contributed by atoms with Crippen molar-refractivity contribution >= 4 is 6.29 Å². The van der Waals surface area contributed by atoms with Crippen LogP contribution in [0.4, 0.5) is 0 Å². The second kappa shape index (κ2) is 2.52. The minimum absolute atomic E-state index is 0.0739. The molecule has 2 heterocycles. The molecule has 12 heavy (non-hydrogen) atoms. The van der Waals surface area contributed by atoms with E-state index in [1.807, 2.05) is 13.8 Å². The first-order chi connectivity index (χ1) is 5.62. The molecule has 0 aromatic rings. The van der Waals surface area contributed by atoms with Crippen molar-refractivity contribution in [2.75, 3.05) is 6.61 Å². The highest BCUT2D eigenvalue weighted by atomic mass is 16.8. The monoisotopic (exact) mass is 172 g/mol. The molecule has 4 nitrogen and oxygen atoms in total. The fraction of sp³-hybridized carbons (Fsp3) is 0.875. The average molecular weight is 172 g/mol. The highest BCUT2D eigenvalue weighted by molar-refractivity contribution is 5.58. The van der Waals surface area contributed by atoms with E-state index in [2.05, 4.69) is 0 Å². The summed E-state index contributed by atoms with van der Waals surface area (Å²) in [5, 5.41) is 0. The molecule has 0 amide bonds. The number of rotatable bonds is 1. The van der Waals surface area contributed by atoms with Crippen LogP contribution >= 0.6 is 0 Å². The van der Waals surface area contributed by atoms with E-state index in [1.165, 1.54) is 0 Å². The summed E-state index contributed by atoms with van der Waals surface area (Å²) in [6, 6.07) is 0. The van der Waals surface area contributed by atoms with E-state index in [-0.39, 0.29) is 12.2 Å². The minimum atomic E-state index is -0.569. The van der Waals surface area contributed by atoms with E-state index in [9.17, 15) is 4.79 Å². The van der Waals surface area contributed by atoms with Crippen LogP contribution in [0.2, 0.25) is 0 Å². The van der Waals surface area contributed by atoms with Gasteiger partial charge < -0.3 is 19.0 Å². The van der Waals surface area contributed by atoms with Gasteiger partial charge in [0.1, 0.15) is 18.3 Å². The van der Waals surface area contributed by atoms with Crippen LogP contribution in [-0.4, -0.2) is 37.0 Å². The number of hydrogen-bond acceptors (Lipinski definition) is 4. The molecule has 2 aliphatic rings. The highest BCUT2D eigenvalue weighted by Gasteiger charge is 2.49. The molecule has 0 radical (unpaired) electrons. The van der Waals surface area contributed by atoms with Crippen LogP contribution in [-0.2, 0) is 19.0 Å². The van der Waals surface area contributed by atoms with Gasteiger partial charge in [-0.05, 0) is 13.8 Å². The Labute approximate surface area is 70.8 Å². The fourth-order valence-electron chi connectivity index (χ4n) is 1.69. The molecule has 2 rings (SSSR count). The Morgan fingerprint density at radius 1 is 1.42 bits per heavy atom. The number of aldehydes is 1. The zero-order valence-electron chi connectivity index (χ0n) is 7.15. The summed E-state index contributed by atoms with van der Waals surface area (Å²) in [4.78, 5) is 10.5. The van der Waals surface area contributed by atoms with Crippen molar-refractivity contribution in [1.82, 2.24) is 0 Å². The Morgan fingerprint density at radius 2 is 2.17 bits per heavy atom. The lowest BCUT2D eigenvalue weighted by molar-refractivity contribution is -0.174. The quantitative estimate of drug-likeness (QED) is 0.526. The third-order valence-electron chi connectivity index (χ3n) is 2.13. The maximum atomic E-state index is 10.5. The van der Waals surface area contributed by atoms with Crippen LogP contribution in [0.25, 0.3) is 0 Å². The summed E-state index contributed by atoms with van der Waals surface area (Å²) >= 11 is 0. The fourth-order valence-corrected chi connectivity index (χ4v) is 1.69. The number of carbonyl (C=O) groups is 1. The Balaban J connectivity index is 2.11. The molecule has 0 unspecified atom stereocenters. The zero-order valence-corrected chi connectivity index (χ0v) is 7.15. The molecule has 68 valence electrons. The first-order valence-corrected chi connectivity index (χ1v) is 4.05. The number of fused-ring (bicyclic) bond motifs is 1. The van der Waals surface area contributed by atoms with E-state index in [0.29, 0.717) is 6.61 Å². The maximum absolute atomic E-state index is 10.5. The van der Waals surface area contributed by atoms with Gasteiger partial charge in [-0.15, -0.1) is 0 Å². The van der Waals surface area contributed by atoms with Gasteiger partial charge in [0.05, 0.1) is 6.61 Å². The van der Waals surface area contributed by atoms with Crippen LogP contribution in [0.15, 0.2) is 0 Å². The van der Waals surface area contributed by atoms with Crippen molar-refractivity contribution in [3.63, 3.8) is 0 Å². The van der Waals surface area contributed by atoms with Gasteiger partial charge in [-0.3, -0.25) is 0 Å². The lowest BCUT2D eigenvalue weighted by atomic mass is 10.2. The summed E-state index contributed by atoms with van der Waals surface area (Å²) in [6.07, 6.45) is 0.0413. The van der Waals surface area contributed by atoms with E-state index in [4.69, 9.17) is 14.2 Å². The topological polar surface area (TPSA) is 44.8 Å². The van der Waals surface area contributed by atoms with Crippen LogP contribution in [0.1, 0.15) is 13.8 Å². The van der Waals surface area contributed by atoms with Gasteiger partial charge in [-0.2, -0.15) is 0 Å². The van der Waals surface area contributed by atoms with Crippen molar-refractivity contribution in [3.8, 4) is 0 Å². The second-order valence-electron chi connectivity index (χ2n) is 3.57. The van der Waals surface area contributed by atoms with Gasteiger partial charge in [0.15, 0.2) is 12.1 Å². The van der Waals surface area contributed by atoms with Crippen molar-refractivity contribution < 1.29 is 19.0 Å². The molecule has 2 aliphatic heterocycles. The molecule has 2 fully saturated rings. The lowest BCUT2D eigenvalue weighted by Gasteiger charge is -2.19. The third-order valence-corrected chi connectivity index (χ3v) is 2.13. The van der Waals surface area contributed by atoms with Gasteiger partial charge in [0.2, 0.25) is 0 Å². The van der Waals surface area contributed by atoms with Gasteiger partial charge in [0.25, 0.3) is 0 Å². The van der Waals surface area contributed by atoms with E-state index in [0.717, 1.165) is 6.29 Å². The molecule has 0 N–H and O–H groups in total. The van der Waals surface area contributed by atoms with Gasteiger partial charge in [-0.25, -0.2) is 0 Å². The highest BCUT2D eigenvalue weighted by Crippen LogP contribution is 2.34. The van der Waals surface area contributed by atoms with E-state index < -0.39 is 11.9 Å². The molecule has 0 aliphatic carbocycles. The number of hydrogen-bond donors (Lipinski definition) is 0. The molecule has 3 atom stereocenters. The first kappa shape index (κ1) is 8.16. The van der Waals surface area contributed by atoms with Gasteiger partial charge in [-0.1, -0.05) is 0 Å². The molecular weight excluding hydrogens is 160 g/mol. The van der Waals surface area contributed by atoms with Crippen LogP contribution in [0.5, 0.6) is 0 Å². The summed E-state index contributed by atoms with van der Waals surface area (Å²) < 4.78 is 16.1. The lowest BCUT2D eigenvalue weighted by Crippen LogP contribution is -2.30. The number of carbonyl (C=O) groups excluding carboxylic acids is 1. The van der Waals surface area contributed by atoms with Crippen molar-refractivity contribution in [2.24, 2.45) is 0 Å². The third kappa shape index (κ3) is 1.16. The Kier molecular flexibility index (Phi) is 1.71. The minimum Gasteiger partial charge on any atom is -0.365 e. The largest absolute Gasteiger partial charge is 0.365 e. The standard InChI is InChI=1S/C8H12O4/c1-8(2)11-6-4-10-5(3-9)7(6)12-8/h3,5-7H,4H2,1-2H3/t5-,6+,7-/m0/s1. The Hall–Kier alpha value is -0.450. The van der Waals surface area contributed by atoms with Crippen molar-refractivity contribution in [1.29, 1.82) is 0 Å². The van der Waals surface area contributed by atoms with Crippen molar-refractivity contribution in [2.45, 2.75) is 37.9 Å². The zero-order chi connectivity index (χ0) is 8.77. The Bertz CT molecular complexity index is 201. The van der Waals surface area contributed by atoms with Crippen LogP contribution in [0, 0.1) is 0 Å². The smallest absolute Gasteiger partial charge is 0.164 e. The Morgan fingerprint density at radius 3 is 2.83 bits per heavy atom. The van der Waals surface area contributed by atoms with Gasteiger partial charge >= 0.3 is 0 Å². The summed E-state index contributed by atoms with van der Waals surface area (Å²) in [5.41, 5.74) is 0. The molecular formula is C8H12O4. The maximum Gasteiger partial charge on any atom is 0.164 e.